The van der Waals surface area contributed by atoms with E-state index in [1.165, 1.54) is 116 Å². The molecule has 68 heavy (non-hydrogen) atoms. The third-order valence-corrected chi connectivity index (χ3v) is 12.7. The second-order valence-electron chi connectivity index (χ2n) is 19.5. The monoisotopic (exact) mass is 971 g/mol. The Balaban J connectivity index is 5.46. The number of carbonyl (C=O) groups is 2. The topological polar surface area (TPSA) is 114 Å². The van der Waals surface area contributed by atoms with Gasteiger partial charge in [-0.1, -0.05) is 241 Å². The highest BCUT2D eigenvalue weighted by Crippen LogP contribution is 2.38. The minimum atomic E-state index is -4.71. The standard InChI is InChI=1S/C58H103N2O7P/c1-7-10-13-16-19-22-25-27-29-30-31-32-35-38-41-44-47-50-57(61)59-55(54-66-68(63,64)65-53-52-60(4,5)6)56(49-46-43-40-37-34-24-21-18-15-12-9-3)67-58(62)51-48-45-42-39-36-33-28-26-23-20-17-14-11-8-2/h10,13,16,19,22,25,27,29-32,35,46,49,55-56H,7-9,11-12,14-15,17-18,20-21,23-24,26,28,33-34,36-45,47-48,50-54H2,1-6H3,(H-,59,61,63,64)/b13-10-,19-16+,25-22+,29-27-,31-30+,35-32+,49-46+. The first kappa shape index (κ1) is 65.2. The van der Waals surface area contributed by atoms with Crippen LogP contribution in [0.2, 0.25) is 0 Å². The van der Waals surface area contributed by atoms with Crippen LogP contribution in [0.3, 0.4) is 0 Å². The van der Waals surface area contributed by atoms with Crippen molar-refractivity contribution in [3.63, 3.8) is 0 Å². The number of nitrogens with zero attached hydrogens (tertiary/aromatic N) is 1. The Morgan fingerprint density at radius 1 is 0.529 bits per heavy atom. The maximum absolute atomic E-state index is 13.4. The molecule has 1 amide bonds. The van der Waals surface area contributed by atoms with Crippen molar-refractivity contribution in [2.75, 3.05) is 40.9 Å². The van der Waals surface area contributed by atoms with Gasteiger partial charge >= 0.3 is 5.97 Å². The molecule has 0 aliphatic heterocycles. The van der Waals surface area contributed by atoms with Crippen molar-refractivity contribution in [1.82, 2.24) is 5.32 Å². The van der Waals surface area contributed by atoms with E-state index in [0.717, 1.165) is 64.2 Å². The van der Waals surface area contributed by atoms with Gasteiger partial charge in [-0.25, -0.2) is 0 Å². The number of phosphoric acid groups is 1. The first-order valence-corrected chi connectivity index (χ1v) is 28.9. The summed E-state index contributed by atoms with van der Waals surface area (Å²) in [4.78, 5) is 39.7. The summed E-state index contributed by atoms with van der Waals surface area (Å²) in [5, 5.41) is 2.99. The predicted molar refractivity (Wildman–Crippen MR) is 288 cm³/mol. The lowest BCUT2D eigenvalue weighted by Gasteiger charge is -2.30. The van der Waals surface area contributed by atoms with Crippen molar-refractivity contribution < 1.29 is 37.3 Å². The number of phosphoric ester groups is 1. The summed E-state index contributed by atoms with van der Waals surface area (Å²) in [5.74, 6) is -0.595. The highest BCUT2D eigenvalue weighted by Gasteiger charge is 2.27. The number of carbonyl (C=O) groups excluding carboxylic acids is 2. The summed E-state index contributed by atoms with van der Waals surface area (Å²) in [6.07, 6.45) is 61.2. The van der Waals surface area contributed by atoms with Gasteiger partial charge in [0, 0.05) is 12.8 Å². The molecule has 0 saturated carbocycles. The first-order chi connectivity index (χ1) is 32.9. The van der Waals surface area contributed by atoms with Gasteiger partial charge in [0.25, 0.3) is 7.82 Å². The fraction of sp³-hybridized carbons (Fsp3) is 0.724. The molecule has 10 heteroatoms. The molecule has 0 rings (SSSR count). The third kappa shape index (κ3) is 48.2. The molecule has 9 nitrogen and oxygen atoms in total. The molecular formula is C58H103N2O7P. The smallest absolute Gasteiger partial charge is 0.306 e. The molecular weight excluding hydrogens is 868 g/mol. The first-order valence-electron chi connectivity index (χ1n) is 27.5. The fourth-order valence-electron chi connectivity index (χ4n) is 7.49. The number of likely N-dealkylation sites (N-methyl/N-ethyl adjacent to an activating group) is 1. The number of hydrogen-bond donors (Lipinski definition) is 1. The van der Waals surface area contributed by atoms with Gasteiger partial charge in [0.15, 0.2) is 0 Å². The number of rotatable bonds is 48. The van der Waals surface area contributed by atoms with Gasteiger partial charge in [0.2, 0.25) is 5.91 Å². The molecule has 3 atom stereocenters. The summed E-state index contributed by atoms with van der Waals surface area (Å²) in [5.41, 5.74) is 0. The number of unbranched alkanes of at least 4 members (excludes halogenated alkanes) is 25. The number of hydrogen-bond acceptors (Lipinski definition) is 7. The van der Waals surface area contributed by atoms with Crippen molar-refractivity contribution in [2.24, 2.45) is 0 Å². The molecule has 0 aliphatic carbocycles. The van der Waals surface area contributed by atoms with Gasteiger partial charge in [0.1, 0.15) is 19.3 Å². The van der Waals surface area contributed by atoms with Gasteiger partial charge in [0.05, 0.1) is 33.8 Å². The maximum Gasteiger partial charge on any atom is 0.306 e. The van der Waals surface area contributed by atoms with Crippen molar-refractivity contribution in [3.8, 4) is 0 Å². The maximum atomic E-state index is 13.4. The SMILES string of the molecule is CC\C=C/C=C/C=C/C=C\C=C\C=C\CCCCCC(=O)NC(COP(=O)([O-])OCC[N+](C)(C)C)C(/C=C/CCCCCCCCCCC)OC(=O)CCCCCCCCCCCCCCCC. The van der Waals surface area contributed by atoms with Gasteiger partial charge in [-0.05, 0) is 51.0 Å². The molecule has 392 valence electrons. The number of allylic oxidation sites excluding steroid dienone is 13. The molecule has 0 aromatic carbocycles. The Kier molecular flexibility index (Phi) is 45.9. The van der Waals surface area contributed by atoms with Crippen molar-refractivity contribution in [3.05, 3.63) is 85.1 Å². The highest BCUT2D eigenvalue weighted by atomic mass is 31.2. The highest BCUT2D eigenvalue weighted by molar-refractivity contribution is 7.45. The Morgan fingerprint density at radius 3 is 1.43 bits per heavy atom. The van der Waals surface area contributed by atoms with Crippen LogP contribution in [0.5, 0.6) is 0 Å². The molecule has 1 N–H and O–H groups in total. The molecule has 0 bridgehead atoms. The number of amides is 1. The van der Waals surface area contributed by atoms with Crippen LogP contribution >= 0.6 is 7.82 Å². The zero-order valence-electron chi connectivity index (χ0n) is 44.5. The molecule has 0 fully saturated rings. The van der Waals surface area contributed by atoms with Crippen LogP contribution in [-0.2, 0) is 27.9 Å². The molecule has 0 aliphatic rings. The number of nitrogens with one attached hydrogen (secondary N) is 1. The van der Waals surface area contributed by atoms with Crippen molar-refractivity contribution in [1.29, 1.82) is 0 Å². The summed E-state index contributed by atoms with van der Waals surface area (Å²) in [6.45, 7) is 6.64. The van der Waals surface area contributed by atoms with Crippen LogP contribution in [0.4, 0.5) is 0 Å². The molecule has 0 heterocycles. The molecule has 3 unspecified atom stereocenters. The van der Waals surface area contributed by atoms with Crippen LogP contribution in [0.1, 0.15) is 220 Å². The van der Waals surface area contributed by atoms with Crippen molar-refractivity contribution >= 4 is 19.7 Å². The van der Waals surface area contributed by atoms with E-state index in [1.54, 1.807) is 0 Å². The van der Waals surface area contributed by atoms with Crippen LogP contribution in [-0.4, -0.2) is 69.4 Å². The van der Waals surface area contributed by atoms with Gasteiger partial charge < -0.3 is 28.5 Å². The quantitative estimate of drug-likeness (QED) is 0.0161. The predicted octanol–water partition coefficient (Wildman–Crippen LogP) is 15.6. The van der Waals surface area contributed by atoms with Gasteiger partial charge in [-0.3, -0.25) is 14.2 Å². The second kappa shape index (κ2) is 47.8. The number of esters is 1. The summed E-state index contributed by atoms with van der Waals surface area (Å²) < 4.78 is 30.1. The zero-order chi connectivity index (χ0) is 50.1. The number of quaternary nitrogens is 1. The Morgan fingerprint density at radius 2 is 0.941 bits per heavy atom. The van der Waals surface area contributed by atoms with Crippen LogP contribution in [0, 0.1) is 0 Å². The zero-order valence-corrected chi connectivity index (χ0v) is 45.4. The molecule has 0 aromatic rings. The normalized spacial score (nSPS) is 14.5. The van der Waals surface area contributed by atoms with E-state index in [1.807, 2.05) is 94.1 Å². The lowest BCUT2D eigenvalue weighted by atomic mass is 10.0. The lowest BCUT2D eigenvalue weighted by molar-refractivity contribution is -0.870. The molecule has 0 aromatic heterocycles. The largest absolute Gasteiger partial charge is 0.756 e. The fourth-order valence-corrected chi connectivity index (χ4v) is 8.22. The Labute approximate surface area is 418 Å². The minimum absolute atomic E-state index is 0.0344. The van der Waals surface area contributed by atoms with Crippen LogP contribution < -0.4 is 10.2 Å². The summed E-state index contributed by atoms with van der Waals surface area (Å²) in [7, 11) is 1.14. The van der Waals surface area contributed by atoms with E-state index in [0.29, 0.717) is 17.4 Å². The van der Waals surface area contributed by atoms with E-state index in [2.05, 4.69) is 38.2 Å². The summed E-state index contributed by atoms with van der Waals surface area (Å²) >= 11 is 0. The molecule has 0 spiro atoms. The lowest BCUT2D eigenvalue weighted by Crippen LogP contribution is -2.47. The second-order valence-corrected chi connectivity index (χ2v) is 20.9. The van der Waals surface area contributed by atoms with Gasteiger partial charge in [-0.15, -0.1) is 0 Å². The van der Waals surface area contributed by atoms with E-state index in [4.69, 9.17) is 13.8 Å². The Bertz CT molecular complexity index is 1440. The minimum Gasteiger partial charge on any atom is -0.756 e. The average Bonchev–Trinajstić information content (AvgIpc) is 3.29. The van der Waals surface area contributed by atoms with Gasteiger partial charge in [-0.2, -0.15) is 0 Å². The third-order valence-electron chi connectivity index (χ3n) is 11.8. The number of ether oxygens (including phenoxy) is 1. The summed E-state index contributed by atoms with van der Waals surface area (Å²) in [6, 6.07) is -0.912. The van der Waals surface area contributed by atoms with Crippen LogP contribution in [0.15, 0.2) is 85.1 Å². The Hall–Kier alpha value is -2.81. The average molecular weight is 971 g/mol. The van der Waals surface area contributed by atoms with Crippen LogP contribution in [0.25, 0.3) is 0 Å². The molecule has 0 saturated heterocycles. The van der Waals surface area contributed by atoms with E-state index >= 15 is 0 Å². The van der Waals surface area contributed by atoms with Crippen molar-refractivity contribution in [2.45, 2.75) is 232 Å². The van der Waals surface area contributed by atoms with E-state index < -0.39 is 26.6 Å². The molecule has 0 radical (unpaired) electrons. The van der Waals surface area contributed by atoms with E-state index in [-0.39, 0.29) is 31.3 Å². The van der Waals surface area contributed by atoms with E-state index in [9.17, 15) is 19.0 Å².